The van der Waals surface area contributed by atoms with Crippen molar-refractivity contribution >= 4 is 23.9 Å². The fourth-order valence-corrected chi connectivity index (χ4v) is 4.03. The number of halogens is 3. The molecule has 3 rings (SSSR count). The summed E-state index contributed by atoms with van der Waals surface area (Å²) in [7, 11) is 5.51. The number of rotatable bonds is 3. The van der Waals surface area contributed by atoms with Crippen molar-refractivity contribution in [3.05, 3.63) is 22.5 Å². The van der Waals surface area contributed by atoms with Crippen LogP contribution in [0.3, 0.4) is 0 Å². The van der Waals surface area contributed by atoms with Gasteiger partial charge in [0.05, 0.1) is 0 Å². The number of nitrogens with two attached hydrogens (primary N) is 1. The zero-order valence-corrected chi connectivity index (χ0v) is 15.1. The van der Waals surface area contributed by atoms with Crippen LogP contribution in [0.1, 0.15) is 6.92 Å². The van der Waals surface area contributed by atoms with E-state index >= 15 is 0 Å². The van der Waals surface area contributed by atoms with Gasteiger partial charge in [0.2, 0.25) is 0 Å². The molecule has 2 atom stereocenters. The molecule has 2 N–H and O–H groups in total. The topological polar surface area (TPSA) is 63.7 Å². The van der Waals surface area contributed by atoms with Crippen LogP contribution in [0.25, 0.3) is 0 Å². The number of hydrogen-bond donors (Lipinski definition) is 1. The first-order valence-corrected chi connectivity index (χ1v) is 8.67. The Bertz CT molecular complexity index is 684. The number of nitrogens with zero attached hydrogens (tertiary/aromatic N) is 6. The van der Waals surface area contributed by atoms with Gasteiger partial charge >= 0.3 is 6.18 Å². The van der Waals surface area contributed by atoms with E-state index in [9.17, 15) is 13.2 Å². The molecule has 0 spiro atoms. The molecule has 3 aliphatic rings. The van der Waals surface area contributed by atoms with Crippen molar-refractivity contribution in [1.29, 1.82) is 0 Å². The highest BCUT2D eigenvalue weighted by Gasteiger charge is 2.46. The van der Waals surface area contributed by atoms with E-state index in [0.717, 1.165) is 23.1 Å². The molecule has 25 heavy (non-hydrogen) atoms. The van der Waals surface area contributed by atoms with Crippen molar-refractivity contribution in [3.8, 4) is 0 Å². The number of likely N-dealkylation sites (N-methyl/N-ethyl adjacent to an activating group) is 2. The van der Waals surface area contributed by atoms with Crippen LogP contribution in [0.5, 0.6) is 0 Å². The molecule has 0 saturated heterocycles. The van der Waals surface area contributed by atoms with Crippen LogP contribution in [0.4, 0.5) is 13.2 Å². The zero-order valence-electron chi connectivity index (χ0n) is 14.3. The molecule has 0 aliphatic carbocycles. The van der Waals surface area contributed by atoms with Gasteiger partial charge in [-0.3, -0.25) is 5.01 Å². The Morgan fingerprint density at radius 3 is 2.52 bits per heavy atom. The van der Waals surface area contributed by atoms with Crippen LogP contribution in [-0.2, 0) is 0 Å². The second kappa shape index (κ2) is 6.22. The minimum Gasteiger partial charge on any atom is -0.384 e. The third kappa shape index (κ3) is 2.89. The number of aliphatic imine (C=N–C) groups is 2. The molecule has 7 nitrogen and oxygen atoms in total. The molecule has 0 fully saturated rings. The standard InChI is InChI=1S/C14H20F3N7S/c1-5-25-11-10(21(2)22(3)12(11)18)13-20-9-6-8(14(15,16)17)19-7-24(9)23(13)4/h6-7,10,13H,5,18H2,1-4H3. The second-order valence-electron chi connectivity index (χ2n) is 5.82. The lowest BCUT2D eigenvalue weighted by Crippen LogP contribution is -2.51. The molecule has 11 heteroatoms. The Kier molecular flexibility index (Phi) is 4.50. The van der Waals surface area contributed by atoms with Gasteiger partial charge in [0.1, 0.15) is 35.9 Å². The van der Waals surface area contributed by atoms with Crippen molar-refractivity contribution in [3.63, 3.8) is 0 Å². The van der Waals surface area contributed by atoms with Crippen LogP contribution in [0.15, 0.2) is 32.5 Å². The zero-order chi connectivity index (χ0) is 18.5. The average molecular weight is 375 g/mol. The van der Waals surface area contributed by atoms with Crippen LogP contribution in [0, 0.1) is 0 Å². The molecule has 2 unspecified atom stereocenters. The lowest BCUT2D eigenvalue weighted by Gasteiger charge is -2.35. The molecule has 0 bridgehead atoms. The summed E-state index contributed by atoms with van der Waals surface area (Å²) in [4.78, 5) is 8.99. The molecule has 138 valence electrons. The van der Waals surface area contributed by atoms with Gasteiger partial charge in [-0.15, -0.1) is 11.8 Å². The van der Waals surface area contributed by atoms with E-state index in [1.807, 2.05) is 31.0 Å². The quantitative estimate of drug-likeness (QED) is 0.805. The van der Waals surface area contributed by atoms with Gasteiger partial charge in [-0.25, -0.2) is 20.0 Å². The van der Waals surface area contributed by atoms with Crippen molar-refractivity contribution < 1.29 is 13.2 Å². The van der Waals surface area contributed by atoms with Crippen LogP contribution in [0.2, 0.25) is 0 Å². The lowest BCUT2D eigenvalue weighted by molar-refractivity contribution is -0.0926. The summed E-state index contributed by atoms with van der Waals surface area (Å²) in [5.41, 5.74) is 5.25. The summed E-state index contributed by atoms with van der Waals surface area (Å²) < 4.78 is 38.7. The maximum atomic E-state index is 12.9. The monoisotopic (exact) mass is 375 g/mol. The maximum absolute atomic E-state index is 12.9. The molecule has 3 aliphatic heterocycles. The highest BCUT2D eigenvalue weighted by atomic mass is 32.2. The molecule has 0 saturated carbocycles. The number of hydrazine groups is 2. The molecule has 3 heterocycles. The summed E-state index contributed by atoms with van der Waals surface area (Å²) in [6, 6.07) is -0.186. The Balaban J connectivity index is 1.95. The Hall–Kier alpha value is -1.72. The summed E-state index contributed by atoms with van der Waals surface area (Å²) >= 11 is 1.62. The van der Waals surface area contributed by atoms with Crippen LogP contribution >= 0.6 is 11.8 Å². The van der Waals surface area contributed by atoms with E-state index < -0.39 is 18.0 Å². The van der Waals surface area contributed by atoms with Gasteiger partial charge in [0, 0.05) is 32.1 Å². The molecule has 0 radical (unpaired) electrons. The number of amidine groups is 1. The van der Waals surface area contributed by atoms with Crippen LogP contribution in [-0.4, -0.2) is 77.5 Å². The van der Waals surface area contributed by atoms with Gasteiger partial charge in [0.15, 0.2) is 0 Å². The normalized spacial score (nSPS) is 28.0. The van der Waals surface area contributed by atoms with Gasteiger partial charge in [-0.1, -0.05) is 6.92 Å². The fourth-order valence-electron chi connectivity index (χ4n) is 3.00. The number of alkyl halides is 3. The highest BCUT2D eigenvalue weighted by Crippen LogP contribution is 2.38. The summed E-state index contributed by atoms with van der Waals surface area (Å²) in [6.07, 6.45) is -2.79. The predicted octanol–water partition coefficient (Wildman–Crippen LogP) is 1.40. The second-order valence-corrected chi connectivity index (χ2v) is 7.12. The smallest absolute Gasteiger partial charge is 0.384 e. The lowest BCUT2D eigenvalue weighted by atomic mass is 10.2. The highest BCUT2D eigenvalue weighted by molar-refractivity contribution is 8.03. The minimum atomic E-state index is -4.50. The average Bonchev–Trinajstić information content (AvgIpc) is 2.97. The van der Waals surface area contributed by atoms with Gasteiger partial charge in [-0.2, -0.15) is 18.2 Å². The van der Waals surface area contributed by atoms with E-state index in [1.165, 1.54) is 5.01 Å². The van der Waals surface area contributed by atoms with Crippen molar-refractivity contribution in [2.45, 2.75) is 25.3 Å². The number of thioether (sulfide) groups is 1. The van der Waals surface area contributed by atoms with Crippen molar-refractivity contribution in [2.24, 2.45) is 15.7 Å². The van der Waals surface area contributed by atoms with Gasteiger partial charge in [0.25, 0.3) is 0 Å². The molecular weight excluding hydrogens is 355 g/mol. The maximum Gasteiger partial charge on any atom is 0.433 e. The largest absolute Gasteiger partial charge is 0.433 e. The molecule has 0 aromatic heterocycles. The Morgan fingerprint density at radius 1 is 1.24 bits per heavy atom. The molecule has 0 amide bonds. The SMILES string of the molecule is CCSC1=C(N)N(C)N(C)C1C1N=C2C=C(C(F)(F)F)N=CN2N1C. The third-order valence-electron chi connectivity index (χ3n) is 4.41. The third-order valence-corrected chi connectivity index (χ3v) is 5.46. The van der Waals surface area contributed by atoms with E-state index in [2.05, 4.69) is 9.98 Å². The molecule has 0 aromatic rings. The Labute approximate surface area is 148 Å². The van der Waals surface area contributed by atoms with Gasteiger partial charge < -0.3 is 5.73 Å². The van der Waals surface area contributed by atoms with E-state index in [4.69, 9.17) is 5.73 Å². The van der Waals surface area contributed by atoms with Crippen molar-refractivity contribution in [1.82, 2.24) is 20.0 Å². The minimum absolute atomic E-state index is 0.186. The Morgan fingerprint density at radius 2 is 1.92 bits per heavy atom. The van der Waals surface area contributed by atoms with Crippen molar-refractivity contribution in [2.75, 3.05) is 26.9 Å². The summed E-state index contributed by atoms with van der Waals surface area (Å²) in [5, 5.41) is 7.07. The molecule has 0 aromatic carbocycles. The fraction of sp³-hybridized carbons (Fsp3) is 0.571. The van der Waals surface area contributed by atoms with E-state index in [1.54, 1.807) is 23.8 Å². The summed E-state index contributed by atoms with van der Waals surface area (Å²) in [5.74, 6) is 1.69. The molecular formula is C14H20F3N7S. The first kappa shape index (κ1) is 18.1. The van der Waals surface area contributed by atoms with E-state index in [-0.39, 0.29) is 11.9 Å². The number of hydrogen-bond acceptors (Lipinski definition) is 8. The van der Waals surface area contributed by atoms with Gasteiger partial charge in [-0.05, 0) is 5.75 Å². The number of fused-ring (bicyclic) bond motifs is 1. The summed E-state index contributed by atoms with van der Waals surface area (Å²) in [6.45, 7) is 2.03. The van der Waals surface area contributed by atoms with E-state index in [0.29, 0.717) is 5.82 Å². The first-order chi connectivity index (χ1) is 11.7. The van der Waals surface area contributed by atoms with Crippen LogP contribution < -0.4 is 5.73 Å². The predicted molar refractivity (Wildman–Crippen MR) is 92.1 cm³/mol. The number of allylic oxidation sites excluding steroid dienone is 1. The first-order valence-electron chi connectivity index (χ1n) is 7.68.